The lowest BCUT2D eigenvalue weighted by Gasteiger charge is -2.06. The molecular weight excluding hydrogens is 370 g/mol. The van der Waals surface area contributed by atoms with Gasteiger partial charge in [-0.2, -0.15) is 0 Å². The van der Waals surface area contributed by atoms with E-state index < -0.39 is 5.97 Å². The summed E-state index contributed by atoms with van der Waals surface area (Å²) in [6.07, 6.45) is 5.19. The van der Waals surface area contributed by atoms with Crippen LogP contribution in [-0.2, 0) is 16.6 Å². The van der Waals surface area contributed by atoms with Crippen LogP contribution in [0.4, 0.5) is 0 Å². The Kier molecular flexibility index (Phi) is 4.91. The fraction of sp³-hybridized carbons (Fsp3) is 0.130. The SMILES string of the molecule is C=CCOC(=O)COc1ccc2c(c1)O/C(=C\c1cn(C)c3ccccc13)C2=O. The van der Waals surface area contributed by atoms with Crippen molar-refractivity contribution in [1.82, 2.24) is 4.57 Å². The average molecular weight is 389 g/mol. The number of para-hydroxylation sites is 1. The van der Waals surface area contributed by atoms with E-state index in [-0.39, 0.29) is 24.8 Å². The number of benzene rings is 2. The van der Waals surface area contributed by atoms with Gasteiger partial charge in [0.2, 0.25) is 5.78 Å². The van der Waals surface area contributed by atoms with Gasteiger partial charge >= 0.3 is 5.97 Å². The standard InChI is InChI=1S/C23H19NO5/c1-3-10-27-22(25)14-28-16-8-9-18-20(12-16)29-21(23(18)26)11-15-13-24(2)19-7-5-4-6-17(15)19/h3-9,11-13H,1,10,14H2,2H3/b21-11-. The summed E-state index contributed by atoms with van der Waals surface area (Å²) in [5.74, 6) is 0.375. The number of aryl methyl sites for hydroxylation is 1. The Morgan fingerprint density at radius 3 is 2.90 bits per heavy atom. The zero-order chi connectivity index (χ0) is 20.4. The van der Waals surface area contributed by atoms with Crippen molar-refractivity contribution in [3.05, 3.63) is 78.2 Å². The van der Waals surface area contributed by atoms with E-state index in [2.05, 4.69) is 6.58 Å². The molecule has 0 radical (unpaired) electrons. The summed E-state index contributed by atoms with van der Waals surface area (Å²) in [5, 5.41) is 1.04. The van der Waals surface area contributed by atoms with Gasteiger partial charge in [-0.1, -0.05) is 30.9 Å². The van der Waals surface area contributed by atoms with Crippen LogP contribution in [-0.4, -0.2) is 29.5 Å². The number of nitrogens with zero attached hydrogens (tertiary/aromatic N) is 1. The zero-order valence-corrected chi connectivity index (χ0v) is 15.9. The first kappa shape index (κ1) is 18.6. The molecule has 6 nitrogen and oxygen atoms in total. The van der Waals surface area contributed by atoms with Crippen molar-refractivity contribution >= 4 is 28.7 Å². The summed E-state index contributed by atoms with van der Waals surface area (Å²) in [6, 6.07) is 12.8. The van der Waals surface area contributed by atoms with Crippen LogP contribution in [0.5, 0.6) is 11.5 Å². The summed E-state index contributed by atoms with van der Waals surface area (Å²) in [5.41, 5.74) is 2.43. The Morgan fingerprint density at radius 1 is 1.24 bits per heavy atom. The van der Waals surface area contributed by atoms with E-state index in [1.165, 1.54) is 6.08 Å². The van der Waals surface area contributed by atoms with E-state index in [0.29, 0.717) is 17.1 Å². The molecule has 0 bridgehead atoms. The second kappa shape index (κ2) is 7.67. The molecule has 2 aromatic carbocycles. The van der Waals surface area contributed by atoms with E-state index >= 15 is 0 Å². The number of hydrogen-bond acceptors (Lipinski definition) is 5. The number of hydrogen-bond donors (Lipinski definition) is 0. The Labute approximate surface area is 167 Å². The molecule has 0 spiro atoms. The molecule has 0 aliphatic carbocycles. The minimum absolute atomic E-state index is 0.131. The number of rotatable bonds is 6. The van der Waals surface area contributed by atoms with Gasteiger partial charge in [0, 0.05) is 35.8 Å². The van der Waals surface area contributed by atoms with Crippen molar-refractivity contribution in [2.45, 2.75) is 0 Å². The van der Waals surface area contributed by atoms with E-state index in [4.69, 9.17) is 14.2 Å². The van der Waals surface area contributed by atoms with Gasteiger partial charge < -0.3 is 18.8 Å². The molecule has 0 unspecified atom stereocenters. The second-order valence-corrected chi connectivity index (χ2v) is 6.57. The number of fused-ring (bicyclic) bond motifs is 2. The van der Waals surface area contributed by atoms with Gasteiger partial charge in [-0.3, -0.25) is 4.79 Å². The van der Waals surface area contributed by atoms with Crippen LogP contribution in [0.2, 0.25) is 0 Å². The largest absolute Gasteiger partial charge is 0.482 e. The molecule has 0 fully saturated rings. The van der Waals surface area contributed by atoms with Gasteiger partial charge in [-0.25, -0.2) is 4.79 Å². The molecule has 1 aromatic heterocycles. The molecule has 0 saturated heterocycles. The number of allylic oxidation sites excluding steroid dienone is 1. The molecule has 3 aromatic rings. The number of esters is 1. The maximum Gasteiger partial charge on any atom is 0.344 e. The smallest absolute Gasteiger partial charge is 0.344 e. The molecule has 29 heavy (non-hydrogen) atoms. The third-order valence-corrected chi connectivity index (χ3v) is 4.57. The first-order chi connectivity index (χ1) is 14.1. The first-order valence-corrected chi connectivity index (χ1v) is 9.08. The van der Waals surface area contributed by atoms with Crippen molar-refractivity contribution in [2.24, 2.45) is 7.05 Å². The number of aromatic nitrogens is 1. The first-order valence-electron chi connectivity index (χ1n) is 9.08. The highest BCUT2D eigenvalue weighted by Crippen LogP contribution is 2.35. The summed E-state index contributed by atoms with van der Waals surface area (Å²) in [6.45, 7) is 3.37. The number of Topliss-reactive ketones (excluding diaryl/α,β-unsaturated/α-hetero) is 1. The summed E-state index contributed by atoms with van der Waals surface area (Å²) in [4.78, 5) is 24.2. The lowest BCUT2D eigenvalue weighted by molar-refractivity contribution is -0.144. The number of carbonyl (C=O) groups is 2. The quantitative estimate of drug-likeness (QED) is 0.363. The molecule has 0 saturated carbocycles. The Hall–Kier alpha value is -3.80. The lowest BCUT2D eigenvalue weighted by atomic mass is 10.1. The van der Waals surface area contributed by atoms with Crippen molar-refractivity contribution in [3.8, 4) is 11.5 Å². The van der Waals surface area contributed by atoms with E-state index in [1.807, 2.05) is 42.1 Å². The Balaban J connectivity index is 1.54. The number of carbonyl (C=O) groups excluding carboxylic acids is 2. The van der Waals surface area contributed by atoms with Crippen LogP contribution in [0.1, 0.15) is 15.9 Å². The number of ether oxygens (including phenoxy) is 3. The van der Waals surface area contributed by atoms with Crippen molar-refractivity contribution in [2.75, 3.05) is 13.2 Å². The van der Waals surface area contributed by atoms with Gasteiger partial charge in [0.1, 0.15) is 18.1 Å². The summed E-state index contributed by atoms with van der Waals surface area (Å²) < 4.78 is 18.1. The van der Waals surface area contributed by atoms with Gasteiger partial charge in [-0.05, 0) is 24.3 Å². The molecule has 0 amide bonds. The molecule has 6 heteroatoms. The molecule has 4 rings (SSSR count). The average Bonchev–Trinajstić information content (AvgIpc) is 3.22. The van der Waals surface area contributed by atoms with Crippen LogP contribution in [0.3, 0.4) is 0 Å². The highest BCUT2D eigenvalue weighted by molar-refractivity contribution is 6.15. The zero-order valence-electron chi connectivity index (χ0n) is 15.9. The van der Waals surface area contributed by atoms with Crippen LogP contribution in [0.25, 0.3) is 17.0 Å². The van der Waals surface area contributed by atoms with Crippen molar-refractivity contribution in [1.29, 1.82) is 0 Å². The van der Waals surface area contributed by atoms with Crippen LogP contribution < -0.4 is 9.47 Å². The van der Waals surface area contributed by atoms with Crippen LogP contribution in [0, 0.1) is 0 Å². The molecule has 0 N–H and O–H groups in total. The third kappa shape index (κ3) is 3.65. The van der Waals surface area contributed by atoms with Crippen LogP contribution in [0.15, 0.2) is 67.1 Å². The molecule has 0 atom stereocenters. The normalized spacial score (nSPS) is 14.0. The number of ketones is 1. The monoisotopic (exact) mass is 389 g/mol. The minimum Gasteiger partial charge on any atom is -0.482 e. The fourth-order valence-electron chi connectivity index (χ4n) is 3.22. The highest BCUT2D eigenvalue weighted by Gasteiger charge is 2.28. The molecule has 2 heterocycles. The second-order valence-electron chi connectivity index (χ2n) is 6.57. The predicted octanol–water partition coefficient (Wildman–Crippen LogP) is 3.90. The van der Waals surface area contributed by atoms with Gasteiger partial charge in [0.25, 0.3) is 0 Å². The van der Waals surface area contributed by atoms with E-state index in [9.17, 15) is 9.59 Å². The van der Waals surface area contributed by atoms with Crippen molar-refractivity contribution in [3.63, 3.8) is 0 Å². The Morgan fingerprint density at radius 2 is 2.07 bits per heavy atom. The van der Waals surface area contributed by atoms with E-state index in [0.717, 1.165) is 16.5 Å². The summed E-state index contributed by atoms with van der Waals surface area (Å²) >= 11 is 0. The Bertz CT molecular complexity index is 1160. The van der Waals surface area contributed by atoms with Crippen LogP contribution >= 0.6 is 0 Å². The molecular formula is C23H19NO5. The van der Waals surface area contributed by atoms with Gasteiger partial charge in [-0.15, -0.1) is 0 Å². The minimum atomic E-state index is -0.501. The maximum atomic E-state index is 12.7. The molecule has 1 aliphatic rings. The van der Waals surface area contributed by atoms with Gasteiger partial charge in [0.15, 0.2) is 12.4 Å². The topological polar surface area (TPSA) is 66.8 Å². The lowest BCUT2D eigenvalue weighted by Crippen LogP contribution is -2.14. The third-order valence-electron chi connectivity index (χ3n) is 4.57. The highest BCUT2D eigenvalue weighted by atomic mass is 16.6. The molecule has 1 aliphatic heterocycles. The maximum absolute atomic E-state index is 12.7. The van der Waals surface area contributed by atoms with Gasteiger partial charge in [0.05, 0.1) is 5.56 Å². The summed E-state index contributed by atoms with van der Waals surface area (Å²) in [7, 11) is 1.96. The predicted molar refractivity (Wildman–Crippen MR) is 109 cm³/mol. The van der Waals surface area contributed by atoms with E-state index in [1.54, 1.807) is 24.3 Å². The van der Waals surface area contributed by atoms with Crippen molar-refractivity contribution < 1.29 is 23.8 Å². The fourth-order valence-corrected chi connectivity index (χ4v) is 3.22. The molecule has 146 valence electrons.